The lowest BCUT2D eigenvalue weighted by molar-refractivity contribution is 0.0472. The normalized spacial score (nSPS) is 12.3. The fraction of sp³-hybridized carbons (Fsp3) is 0.227. The van der Waals surface area contributed by atoms with Crippen molar-refractivity contribution in [3.05, 3.63) is 75.6 Å². The van der Waals surface area contributed by atoms with E-state index in [4.69, 9.17) is 9.15 Å². The summed E-state index contributed by atoms with van der Waals surface area (Å²) in [5.41, 5.74) is 2.52. The highest BCUT2D eigenvalue weighted by atomic mass is 32.1. The first-order valence-electron chi connectivity index (χ1n) is 9.40. The average molecular weight is 425 g/mol. The molecular formula is C22H19NO6S. The summed E-state index contributed by atoms with van der Waals surface area (Å²) in [6, 6.07) is 9.84. The predicted octanol–water partition coefficient (Wildman–Crippen LogP) is 4.23. The molecule has 7 nitrogen and oxygen atoms in total. The Morgan fingerprint density at radius 2 is 1.90 bits per heavy atom. The first-order chi connectivity index (χ1) is 14.6. The fourth-order valence-corrected chi connectivity index (χ4v) is 4.63. The minimum atomic E-state index is -0.485. The third-order valence-corrected chi connectivity index (χ3v) is 6.05. The number of fused-ring (bicyclic) bond motifs is 1. The van der Waals surface area contributed by atoms with Crippen LogP contribution in [-0.4, -0.2) is 25.0 Å². The van der Waals surface area contributed by atoms with E-state index in [0.29, 0.717) is 16.1 Å². The van der Waals surface area contributed by atoms with Crippen LogP contribution in [0.25, 0.3) is 0 Å². The first-order valence-corrected chi connectivity index (χ1v) is 10.2. The Labute approximate surface area is 176 Å². The van der Waals surface area contributed by atoms with Gasteiger partial charge in [-0.05, 0) is 54.7 Å². The van der Waals surface area contributed by atoms with Crippen LogP contribution < -0.4 is 5.32 Å². The van der Waals surface area contributed by atoms with Crippen LogP contribution in [-0.2, 0) is 28.9 Å². The van der Waals surface area contributed by atoms with Gasteiger partial charge in [0, 0.05) is 4.88 Å². The van der Waals surface area contributed by atoms with Crippen LogP contribution in [0.3, 0.4) is 0 Å². The summed E-state index contributed by atoms with van der Waals surface area (Å²) in [6.07, 6.45) is 4.05. The SMILES string of the molecule is COC(=O)c1ccc(COC(=O)c2c(NC(=O)c3ccco3)sc3c2CCC3)cc1. The number of esters is 2. The van der Waals surface area contributed by atoms with Gasteiger partial charge in [0.2, 0.25) is 0 Å². The summed E-state index contributed by atoms with van der Waals surface area (Å²) in [6.45, 7) is 0.0521. The van der Waals surface area contributed by atoms with Gasteiger partial charge in [-0.1, -0.05) is 12.1 Å². The van der Waals surface area contributed by atoms with Crippen molar-refractivity contribution in [2.75, 3.05) is 12.4 Å². The highest BCUT2D eigenvalue weighted by molar-refractivity contribution is 7.17. The Bertz CT molecular complexity index is 1080. The zero-order valence-corrected chi connectivity index (χ0v) is 17.0. The van der Waals surface area contributed by atoms with Gasteiger partial charge in [-0.25, -0.2) is 9.59 Å². The van der Waals surface area contributed by atoms with Gasteiger partial charge < -0.3 is 19.2 Å². The Morgan fingerprint density at radius 3 is 2.60 bits per heavy atom. The maximum absolute atomic E-state index is 12.9. The third-order valence-electron chi connectivity index (χ3n) is 4.84. The second-order valence-corrected chi connectivity index (χ2v) is 7.86. The molecule has 0 spiro atoms. The van der Waals surface area contributed by atoms with Crippen LogP contribution in [0.2, 0.25) is 0 Å². The number of benzene rings is 1. The van der Waals surface area contributed by atoms with Crippen LogP contribution >= 0.6 is 11.3 Å². The molecule has 0 radical (unpaired) electrons. The molecule has 0 unspecified atom stereocenters. The second-order valence-electron chi connectivity index (χ2n) is 6.76. The van der Waals surface area contributed by atoms with Crippen LogP contribution in [0, 0.1) is 0 Å². The Kier molecular flexibility index (Phi) is 5.67. The van der Waals surface area contributed by atoms with E-state index in [1.54, 1.807) is 36.4 Å². The number of nitrogens with one attached hydrogen (secondary N) is 1. The zero-order valence-electron chi connectivity index (χ0n) is 16.2. The van der Waals surface area contributed by atoms with Crippen LogP contribution in [0.4, 0.5) is 5.00 Å². The fourth-order valence-electron chi connectivity index (χ4n) is 3.36. The molecule has 2 aromatic heterocycles. The van der Waals surface area contributed by atoms with E-state index in [9.17, 15) is 14.4 Å². The summed E-state index contributed by atoms with van der Waals surface area (Å²) in [4.78, 5) is 37.9. The van der Waals surface area contributed by atoms with Crippen LogP contribution in [0.15, 0.2) is 47.1 Å². The standard InChI is InChI=1S/C22H19NO6S/c1-27-21(25)14-9-7-13(8-10-14)12-29-22(26)18-15-4-2-6-17(15)30-20(18)23-19(24)16-5-3-11-28-16/h3,5,7-11H,2,4,6,12H2,1H3,(H,23,24). The number of hydrogen-bond donors (Lipinski definition) is 1. The van der Waals surface area contributed by atoms with Gasteiger partial charge in [-0.15, -0.1) is 11.3 Å². The molecule has 0 saturated heterocycles. The molecule has 0 bridgehead atoms. The van der Waals surface area contributed by atoms with Crippen LogP contribution in [0.5, 0.6) is 0 Å². The van der Waals surface area contributed by atoms with Crippen LogP contribution in [0.1, 0.15) is 53.7 Å². The van der Waals surface area contributed by atoms with Gasteiger partial charge in [-0.2, -0.15) is 0 Å². The van der Waals surface area contributed by atoms with Gasteiger partial charge in [0.1, 0.15) is 11.6 Å². The second kappa shape index (κ2) is 8.54. The molecule has 0 atom stereocenters. The number of amides is 1. The van der Waals surface area contributed by atoms with Crippen molar-refractivity contribution < 1.29 is 28.3 Å². The van der Waals surface area contributed by atoms with E-state index in [2.05, 4.69) is 10.1 Å². The highest BCUT2D eigenvalue weighted by Crippen LogP contribution is 2.39. The topological polar surface area (TPSA) is 94.8 Å². The minimum Gasteiger partial charge on any atom is -0.465 e. The monoisotopic (exact) mass is 425 g/mol. The maximum atomic E-state index is 12.9. The number of rotatable bonds is 6. The molecule has 1 amide bonds. The number of anilines is 1. The van der Waals surface area contributed by atoms with Crippen molar-refractivity contribution in [1.82, 2.24) is 0 Å². The molecule has 8 heteroatoms. The zero-order chi connectivity index (χ0) is 21.1. The minimum absolute atomic E-state index is 0.0521. The summed E-state index contributed by atoms with van der Waals surface area (Å²) >= 11 is 1.41. The molecule has 0 saturated carbocycles. The molecule has 30 heavy (non-hydrogen) atoms. The Morgan fingerprint density at radius 1 is 1.10 bits per heavy atom. The van der Waals surface area contributed by atoms with E-state index < -0.39 is 17.8 Å². The third kappa shape index (κ3) is 3.99. The molecule has 154 valence electrons. The number of carbonyl (C=O) groups excluding carboxylic acids is 3. The quantitative estimate of drug-likeness (QED) is 0.594. The first kappa shape index (κ1) is 19.9. The van der Waals surface area contributed by atoms with E-state index in [-0.39, 0.29) is 12.4 Å². The molecule has 4 rings (SSSR count). The molecular weight excluding hydrogens is 406 g/mol. The summed E-state index contributed by atoms with van der Waals surface area (Å²) in [7, 11) is 1.32. The lowest BCUT2D eigenvalue weighted by Gasteiger charge is -2.09. The van der Waals surface area contributed by atoms with Crippen molar-refractivity contribution in [3.8, 4) is 0 Å². The number of methoxy groups -OCH3 is 1. The molecule has 0 fully saturated rings. The number of thiophene rings is 1. The van der Waals surface area contributed by atoms with Crippen molar-refractivity contribution >= 4 is 34.2 Å². The Hall–Kier alpha value is -3.39. The smallest absolute Gasteiger partial charge is 0.341 e. The summed E-state index contributed by atoms with van der Waals surface area (Å²) < 4.78 is 15.3. The lowest BCUT2D eigenvalue weighted by atomic mass is 10.1. The summed E-state index contributed by atoms with van der Waals surface area (Å²) in [5.74, 6) is -1.15. The van der Waals surface area contributed by atoms with Gasteiger partial charge in [0.15, 0.2) is 5.76 Å². The average Bonchev–Trinajstić information content (AvgIpc) is 3.49. The van der Waals surface area contributed by atoms with Crippen molar-refractivity contribution in [2.45, 2.75) is 25.9 Å². The van der Waals surface area contributed by atoms with E-state index in [0.717, 1.165) is 35.3 Å². The molecule has 1 aliphatic carbocycles. The number of furan rings is 1. The molecule has 3 aromatic rings. The van der Waals surface area contributed by atoms with Gasteiger partial charge in [-0.3, -0.25) is 4.79 Å². The van der Waals surface area contributed by atoms with Crippen molar-refractivity contribution in [1.29, 1.82) is 0 Å². The number of aryl methyl sites for hydroxylation is 1. The number of carbonyl (C=O) groups is 3. The molecule has 2 heterocycles. The molecule has 1 aliphatic rings. The van der Waals surface area contributed by atoms with Gasteiger partial charge >= 0.3 is 11.9 Å². The highest BCUT2D eigenvalue weighted by Gasteiger charge is 2.29. The van der Waals surface area contributed by atoms with Gasteiger partial charge in [0.25, 0.3) is 5.91 Å². The van der Waals surface area contributed by atoms with E-state index in [1.807, 2.05) is 0 Å². The number of hydrogen-bond acceptors (Lipinski definition) is 7. The molecule has 1 N–H and O–H groups in total. The van der Waals surface area contributed by atoms with Crippen molar-refractivity contribution in [2.24, 2.45) is 0 Å². The summed E-state index contributed by atoms with van der Waals surface area (Å²) in [5, 5.41) is 3.26. The van der Waals surface area contributed by atoms with E-state index in [1.165, 1.54) is 24.7 Å². The maximum Gasteiger partial charge on any atom is 0.341 e. The van der Waals surface area contributed by atoms with E-state index >= 15 is 0 Å². The predicted molar refractivity (Wildman–Crippen MR) is 110 cm³/mol. The van der Waals surface area contributed by atoms with Gasteiger partial charge in [0.05, 0.1) is 24.5 Å². The van der Waals surface area contributed by atoms with Crippen molar-refractivity contribution in [3.63, 3.8) is 0 Å². The Balaban J connectivity index is 1.49. The molecule has 0 aliphatic heterocycles. The lowest BCUT2D eigenvalue weighted by Crippen LogP contribution is -2.14. The molecule has 1 aromatic carbocycles. The largest absolute Gasteiger partial charge is 0.465 e. The number of ether oxygens (including phenoxy) is 2.